The third-order valence-corrected chi connectivity index (χ3v) is 4.00. The fraction of sp³-hybridized carbons (Fsp3) is 0.286. The maximum Gasteiger partial charge on any atom is 0.232 e. The highest BCUT2D eigenvalue weighted by Gasteiger charge is 2.42. The van der Waals surface area contributed by atoms with Gasteiger partial charge in [0.05, 0.1) is 12.0 Å². The second-order valence-corrected chi connectivity index (χ2v) is 5.57. The van der Waals surface area contributed by atoms with Crippen molar-refractivity contribution in [3.05, 3.63) is 41.2 Å². The Kier molecular flexibility index (Phi) is 3.81. The number of benzene rings is 1. The van der Waals surface area contributed by atoms with Crippen LogP contribution in [0.4, 0.5) is 5.95 Å². The SMILES string of the molecule is CN1C(=O)C[C@@H](C(=O)Nc2ncn[nH]2)[C@@H]1c1cccc(Cl)c1. The van der Waals surface area contributed by atoms with E-state index in [0.29, 0.717) is 5.02 Å². The van der Waals surface area contributed by atoms with E-state index in [4.69, 9.17) is 11.6 Å². The summed E-state index contributed by atoms with van der Waals surface area (Å²) in [5.41, 5.74) is 0.832. The molecule has 2 heterocycles. The molecule has 22 heavy (non-hydrogen) atoms. The number of rotatable bonds is 3. The molecule has 0 spiro atoms. The average molecular weight is 320 g/mol. The van der Waals surface area contributed by atoms with Gasteiger partial charge in [0.1, 0.15) is 6.33 Å². The van der Waals surface area contributed by atoms with E-state index in [1.54, 1.807) is 30.1 Å². The molecule has 0 radical (unpaired) electrons. The summed E-state index contributed by atoms with van der Waals surface area (Å²) in [6, 6.07) is 6.84. The van der Waals surface area contributed by atoms with Gasteiger partial charge >= 0.3 is 0 Å². The Morgan fingerprint density at radius 2 is 2.32 bits per heavy atom. The maximum absolute atomic E-state index is 12.5. The van der Waals surface area contributed by atoms with Crippen molar-refractivity contribution in [2.24, 2.45) is 5.92 Å². The van der Waals surface area contributed by atoms with Crippen LogP contribution in [-0.4, -0.2) is 38.9 Å². The lowest BCUT2D eigenvalue weighted by Crippen LogP contribution is -2.30. The molecule has 0 unspecified atom stereocenters. The molecule has 2 N–H and O–H groups in total. The number of nitrogens with one attached hydrogen (secondary N) is 2. The highest BCUT2D eigenvalue weighted by Crippen LogP contribution is 2.38. The number of aromatic nitrogens is 3. The molecule has 1 fully saturated rings. The Morgan fingerprint density at radius 1 is 1.50 bits per heavy atom. The number of hydrogen-bond acceptors (Lipinski definition) is 4. The molecule has 1 saturated heterocycles. The maximum atomic E-state index is 12.5. The molecule has 1 aliphatic heterocycles. The number of H-pyrrole nitrogens is 1. The molecule has 1 aromatic heterocycles. The summed E-state index contributed by atoms with van der Waals surface area (Å²) in [7, 11) is 1.69. The van der Waals surface area contributed by atoms with Crippen LogP contribution in [0.5, 0.6) is 0 Å². The third kappa shape index (κ3) is 2.67. The molecule has 0 aliphatic carbocycles. The van der Waals surface area contributed by atoms with E-state index in [1.165, 1.54) is 6.33 Å². The van der Waals surface area contributed by atoms with Crippen LogP contribution in [0.1, 0.15) is 18.0 Å². The number of carbonyl (C=O) groups excluding carboxylic acids is 2. The molecule has 114 valence electrons. The van der Waals surface area contributed by atoms with Gasteiger partial charge in [0.2, 0.25) is 17.8 Å². The van der Waals surface area contributed by atoms with E-state index in [2.05, 4.69) is 20.5 Å². The summed E-state index contributed by atoms with van der Waals surface area (Å²) in [5, 5.41) is 9.45. The number of aromatic amines is 1. The van der Waals surface area contributed by atoms with Crippen LogP contribution in [0.15, 0.2) is 30.6 Å². The van der Waals surface area contributed by atoms with Crippen molar-refractivity contribution in [3.8, 4) is 0 Å². The molecule has 2 atom stereocenters. The van der Waals surface area contributed by atoms with Crippen molar-refractivity contribution in [1.29, 1.82) is 0 Å². The van der Waals surface area contributed by atoms with Gasteiger partial charge in [0, 0.05) is 18.5 Å². The zero-order chi connectivity index (χ0) is 15.7. The summed E-state index contributed by atoms with van der Waals surface area (Å²) in [6.07, 6.45) is 1.45. The van der Waals surface area contributed by atoms with Crippen LogP contribution in [-0.2, 0) is 9.59 Å². The molecule has 1 aliphatic rings. The molecule has 7 nitrogen and oxygen atoms in total. The molecular formula is C14H14ClN5O2. The van der Waals surface area contributed by atoms with E-state index < -0.39 is 5.92 Å². The van der Waals surface area contributed by atoms with E-state index in [-0.39, 0.29) is 30.2 Å². The summed E-state index contributed by atoms with van der Waals surface area (Å²) >= 11 is 6.02. The first-order chi connectivity index (χ1) is 10.6. The van der Waals surface area contributed by atoms with Gasteiger partial charge in [-0.1, -0.05) is 23.7 Å². The average Bonchev–Trinajstić information content (AvgIpc) is 3.08. The molecule has 0 bridgehead atoms. The number of hydrogen-bond donors (Lipinski definition) is 2. The van der Waals surface area contributed by atoms with Crippen LogP contribution in [0.2, 0.25) is 5.02 Å². The first-order valence-corrected chi connectivity index (χ1v) is 7.11. The zero-order valence-electron chi connectivity index (χ0n) is 11.8. The third-order valence-electron chi connectivity index (χ3n) is 3.77. The quantitative estimate of drug-likeness (QED) is 0.899. The molecule has 1 aromatic carbocycles. The van der Waals surface area contributed by atoms with E-state index in [0.717, 1.165) is 5.56 Å². The minimum atomic E-state index is -0.513. The van der Waals surface area contributed by atoms with E-state index in [9.17, 15) is 9.59 Å². The largest absolute Gasteiger partial charge is 0.338 e. The highest BCUT2D eigenvalue weighted by molar-refractivity contribution is 6.30. The van der Waals surface area contributed by atoms with Crippen molar-refractivity contribution in [1.82, 2.24) is 20.1 Å². The van der Waals surface area contributed by atoms with Crippen LogP contribution in [0, 0.1) is 5.92 Å². The number of amides is 2. The van der Waals surface area contributed by atoms with E-state index >= 15 is 0 Å². The van der Waals surface area contributed by atoms with Gasteiger partial charge < -0.3 is 4.90 Å². The van der Waals surface area contributed by atoms with Gasteiger partial charge in [0.25, 0.3) is 0 Å². The number of nitrogens with zero attached hydrogens (tertiary/aromatic N) is 3. The van der Waals surface area contributed by atoms with Gasteiger partial charge in [-0.25, -0.2) is 5.10 Å². The molecule has 3 rings (SSSR count). The number of halogens is 1. The van der Waals surface area contributed by atoms with Crippen LogP contribution in [0.25, 0.3) is 0 Å². The highest BCUT2D eigenvalue weighted by atomic mass is 35.5. The predicted molar refractivity (Wildman–Crippen MR) is 80.1 cm³/mol. The lowest BCUT2D eigenvalue weighted by molar-refractivity contribution is -0.128. The number of likely N-dealkylation sites (tertiary alicyclic amines) is 1. The summed E-state index contributed by atoms with van der Waals surface area (Å²) in [4.78, 5) is 29.9. The van der Waals surface area contributed by atoms with Crippen LogP contribution < -0.4 is 5.32 Å². The van der Waals surface area contributed by atoms with Crippen molar-refractivity contribution in [2.45, 2.75) is 12.5 Å². The fourth-order valence-electron chi connectivity index (χ4n) is 2.73. The lowest BCUT2D eigenvalue weighted by Gasteiger charge is -2.24. The Hall–Kier alpha value is -2.41. The Labute approximate surface area is 131 Å². The van der Waals surface area contributed by atoms with Gasteiger partial charge in [-0.05, 0) is 17.7 Å². The van der Waals surface area contributed by atoms with Crippen molar-refractivity contribution in [3.63, 3.8) is 0 Å². The summed E-state index contributed by atoms with van der Waals surface area (Å²) in [6.45, 7) is 0. The molecule has 2 amide bonds. The Balaban J connectivity index is 1.88. The van der Waals surface area contributed by atoms with Crippen LogP contribution in [0.3, 0.4) is 0 Å². The van der Waals surface area contributed by atoms with Crippen LogP contribution >= 0.6 is 11.6 Å². The van der Waals surface area contributed by atoms with Crippen molar-refractivity contribution >= 4 is 29.4 Å². The Morgan fingerprint density at radius 3 is 3.00 bits per heavy atom. The lowest BCUT2D eigenvalue weighted by atomic mass is 9.93. The Bertz CT molecular complexity index is 703. The second kappa shape index (κ2) is 5.76. The summed E-state index contributed by atoms with van der Waals surface area (Å²) < 4.78 is 0. The van der Waals surface area contributed by atoms with Gasteiger partial charge in [-0.2, -0.15) is 10.1 Å². The standard InChI is InChI=1S/C14H14ClN5O2/c1-20-11(21)6-10(13(22)18-14-16-7-17-19-14)12(20)8-3-2-4-9(15)5-8/h2-5,7,10,12H,6H2,1H3,(H2,16,17,18,19,22)/t10-,12+/m1/s1. The molecule has 2 aromatic rings. The van der Waals surface area contributed by atoms with Crippen molar-refractivity contribution < 1.29 is 9.59 Å². The first-order valence-electron chi connectivity index (χ1n) is 6.73. The fourth-order valence-corrected chi connectivity index (χ4v) is 2.93. The monoisotopic (exact) mass is 319 g/mol. The van der Waals surface area contributed by atoms with Crippen molar-refractivity contribution in [2.75, 3.05) is 12.4 Å². The van der Waals surface area contributed by atoms with E-state index in [1.807, 2.05) is 6.07 Å². The zero-order valence-corrected chi connectivity index (χ0v) is 12.5. The normalized spacial score (nSPS) is 21.2. The molecule has 0 saturated carbocycles. The summed E-state index contributed by atoms with van der Waals surface area (Å²) in [5.74, 6) is -0.611. The van der Waals surface area contributed by atoms with Gasteiger partial charge in [0.15, 0.2) is 0 Å². The predicted octanol–water partition coefficient (Wildman–Crippen LogP) is 1.62. The van der Waals surface area contributed by atoms with Gasteiger partial charge in [-0.3, -0.25) is 14.9 Å². The minimum absolute atomic E-state index is 0.0808. The number of anilines is 1. The minimum Gasteiger partial charge on any atom is -0.338 e. The number of carbonyl (C=O) groups is 2. The second-order valence-electron chi connectivity index (χ2n) is 5.14. The topological polar surface area (TPSA) is 91.0 Å². The molecular weight excluding hydrogens is 306 g/mol. The first kappa shape index (κ1) is 14.5. The molecule has 8 heteroatoms. The smallest absolute Gasteiger partial charge is 0.232 e. The van der Waals surface area contributed by atoms with Gasteiger partial charge in [-0.15, -0.1) is 0 Å².